The van der Waals surface area contributed by atoms with Crippen molar-refractivity contribution in [3.05, 3.63) is 34.1 Å². The normalized spacial score (nSPS) is 21.2. The summed E-state index contributed by atoms with van der Waals surface area (Å²) in [5.41, 5.74) is 0.646. The summed E-state index contributed by atoms with van der Waals surface area (Å²) in [5.74, 6) is -0.462. The number of hydrogen-bond acceptors (Lipinski definition) is 2. The van der Waals surface area contributed by atoms with Crippen LogP contribution in [0.15, 0.2) is 22.7 Å². The topological polar surface area (TPSA) is 41.1 Å². The minimum Gasteiger partial charge on any atom is -0.353 e. The lowest BCUT2D eigenvalue weighted by molar-refractivity contribution is -0.124. The lowest BCUT2D eigenvalue weighted by atomic mass is 10.0. The zero-order chi connectivity index (χ0) is 10.8. The number of piperazine rings is 1. The summed E-state index contributed by atoms with van der Waals surface area (Å²) < 4.78 is 13.7. The smallest absolute Gasteiger partial charge is 0.241 e. The summed E-state index contributed by atoms with van der Waals surface area (Å²) in [4.78, 5) is 11.5. The number of benzene rings is 1. The third kappa shape index (κ3) is 2.18. The first-order valence-corrected chi connectivity index (χ1v) is 5.44. The van der Waals surface area contributed by atoms with Crippen LogP contribution in [0.5, 0.6) is 0 Å². The maximum absolute atomic E-state index is 13.3. The van der Waals surface area contributed by atoms with Crippen LogP contribution in [-0.4, -0.2) is 19.0 Å². The average molecular weight is 273 g/mol. The quantitative estimate of drug-likeness (QED) is 0.811. The number of nitrogens with one attached hydrogen (secondary N) is 2. The van der Waals surface area contributed by atoms with Crippen LogP contribution in [0.25, 0.3) is 0 Å². The molecular formula is C10H10BrFN2O. The zero-order valence-electron chi connectivity index (χ0n) is 7.89. The van der Waals surface area contributed by atoms with Gasteiger partial charge in [0.15, 0.2) is 0 Å². The highest BCUT2D eigenvalue weighted by molar-refractivity contribution is 9.10. The van der Waals surface area contributed by atoms with Crippen molar-refractivity contribution in [2.45, 2.75) is 6.04 Å². The van der Waals surface area contributed by atoms with Crippen molar-refractivity contribution >= 4 is 21.8 Å². The Morgan fingerprint density at radius 3 is 2.87 bits per heavy atom. The van der Waals surface area contributed by atoms with Crippen molar-refractivity contribution in [3.63, 3.8) is 0 Å². The lowest BCUT2D eigenvalue weighted by Gasteiger charge is -2.23. The molecule has 1 aliphatic heterocycles. The molecule has 1 aliphatic rings. The third-order valence-corrected chi connectivity index (χ3v) is 2.95. The zero-order valence-corrected chi connectivity index (χ0v) is 9.47. The van der Waals surface area contributed by atoms with Gasteiger partial charge in [-0.1, -0.05) is 6.07 Å². The fourth-order valence-electron chi connectivity index (χ4n) is 1.56. The van der Waals surface area contributed by atoms with Crippen molar-refractivity contribution in [2.75, 3.05) is 13.1 Å². The third-order valence-electron chi connectivity index (χ3n) is 2.31. The van der Waals surface area contributed by atoms with E-state index in [1.165, 1.54) is 6.07 Å². The van der Waals surface area contributed by atoms with Gasteiger partial charge < -0.3 is 10.6 Å². The van der Waals surface area contributed by atoms with Crippen LogP contribution < -0.4 is 10.6 Å². The Balaban J connectivity index is 2.28. The predicted molar refractivity (Wildman–Crippen MR) is 57.9 cm³/mol. The molecule has 15 heavy (non-hydrogen) atoms. The van der Waals surface area contributed by atoms with Crippen molar-refractivity contribution in [1.29, 1.82) is 0 Å². The fourth-order valence-corrected chi connectivity index (χ4v) is 1.80. The van der Waals surface area contributed by atoms with Crippen LogP contribution in [-0.2, 0) is 4.79 Å². The number of hydrogen-bond donors (Lipinski definition) is 2. The summed E-state index contributed by atoms with van der Waals surface area (Å²) in [5, 5.41) is 5.77. The molecule has 0 radical (unpaired) electrons. The van der Waals surface area contributed by atoms with E-state index in [-0.39, 0.29) is 11.7 Å². The van der Waals surface area contributed by atoms with Gasteiger partial charge in [0.1, 0.15) is 11.9 Å². The number of rotatable bonds is 1. The highest BCUT2D eigenvalue weighted by Gasteiger charge is 2.23. The van der Waals surface area contributed by atoms with Crippen LogP contribution in [0.4, 0.5) is 4.39 Å². The van der Waals surface area contributed by atoms with E-state index in [1.807, 2.05) is 0 Å². The molecule has 1 amide bonds. The molecule has 0 spiro atoms. The van der Waals surface area contributed by atoms with Crippen molar-refractivity contribution in [1.82, 2.24) is 10.6 Å². The minimum atomic E-state index is -0.443. The molecule has 0 bridgehead atoms. The van der Waals surface area contributed by atoms with Gasteiger partial charge in [0, 0.05) is 13.1 Å². The lowest BCUT2D eigenvalue weighted by Crippen LogP contribution is -2.47. The predicted octanol–water partition coefficient (Wildman–Crippen LogP) is 1.35. The van der Waals surface area contributed by atoms with Gasteiger partial charge >= 0.3 is 0 Å². The number of carbonyl (C=O) groups excluding carboxylic acids is 1. The summed E-state index contributed by atoms with van der Waals surface area (Å²) >= 11 is 3.07. The molecule has 2 rings (SSSR count). The molecule has 1 aromatic carbocycles. The summed E-state index contributed by atoms with van der Waals surface area (Å²) in [6.07, 6.45) is 0. The average Bonchev–Trinajstić information content (AvgIpc) is 2.23. The number of amides is 1. The molecule has 2 N–H and O–H groups in total. The van der Waals surface area contributed by atoms with Crippen molar-refractivity contribution < 1.29 is 9.18 Å². The fraction of sp³-hybridized carbons (Fsp3) is 0.300. The molecule has 1 aromatic rings. The molecule has 3 nitrogen and oxygen atoms in total. The molecule has 0 saturated carbocycles. The first-order chi connectivity index (χ1) is 7.18. The van der Waals surface area contributed by atoms with Gasteiger partial charge in [-0.3, -0.25) is 4.79 Å². The van der Waals surface area contributed by atoms with Crippen LogP contribution >= 0.6 is 15.9 Å². The van der Waals surface area contributed by atoms with Crippen LogP contribution in [0.3, 0.4) is 0 Å². The Labute approximate surface area is 95.2 Å². The Kier molecular flexibility index (Phi) is 3.02. The highest BCUT2D eigenvalue weighted by Crippen LogP contribution is 2.21. The molecule has 80 valence electrons. The van der Waals surface area contributed by atoms with Gasteiger partial charge in [-0.15, -0.1) is 0 Å². The molecular weight excluding hydrogens is 263 g/mol. The Bertz CT molecular complexity index is 397. The Morgan fingerprint density at radius 1 is 1.40 bits per heavy atom. The van der Waals surface area contributed by atoms with E-state index >= 15 is 0 Å². The summed E-state index contributed by atoms with van der Waals surface area (Å²) in [6, 6.07) is 4.26. The minimum absolute atomic E-state index is 0.108. The van der Waals surface area contributed by atoms with Gasteiger partial charge in [-0.25, -0.2) is 4.39 Å². The molecule has 1 fully saturated rings. The highest BCUT2D eigenvalue weighted by atomic mass is 79.9. The Morgan fingerprint density at radius 2 is 2.20 bits per heavy atom. The molecule has 1 unspecified atom stereocenters. The van der Waals surface area contributed by atoms with E-state index < -0.39 is 6.04 Å². The number of halogens is 2. The van der Waals surface area contributed by atoms with Crippen molar-refractivity contribution in [2.24, 2.45) is 0 Å². The first-order valence-electron chi connectivity index (χ1n) is 4.64. The maximum Gasteiger partial charge on any atom is 0.241 e. The van der Waals surface area contributed by atoms with Crippen LogP contribution in [0.1, 0.15) is 11.6 Å². The first kappa shape index (κ1) is 10.6. The van der Waals surface area contributed by atoms with E-state index in [9.17, 15) is 9.18 Å². The second kappa shape index (κ2) is 4.28. The van der Waals surface area contributed by atoms with Gasteiger partial charge in [0.25, 0.3) is 0 Å². The maximum atomic E-state index is 13.3. The number of carbonyl (C=O) groups is 1. The molecule has 0 aliphatic carbocycles. The largest absolute Gasteiger partial charge is 0.353 e. The Hall–Kier alpha value is -0.940. The standard InChI is InChI=1S/C10H10BrFN2O/c11-7-2-1-6(5-8(7)12)9-10(15)14-4-3-13-9/h1-2,5,9,13H,3-4H2,(H,14,15). The van der Waals surface area contributed by atoms with E-state index in [0.29, 0.717) is 23.1 Å². The molecule has 1 saturated heterocycles. The second-order valence-corrected chi connectivity index (χ2v) is 4.21. The molecule has 1 heterocycles. The van der Waals surface area contributed by atoms with Gasteiger partial charge in [0.2, 0.25) is 5.91 Å². The van der Waals surface area contributed by atoms with Crippen LogP contribution in [0.2, 0.25) is 0 Å². The molecule has 5 heteroatoms. The van der Waals surface area contributed by atoms with Crippen LogP contribution in [0, 0.1) is 5.82 Å². The van der Waals surface area contributed by atoms with E-state index in [0.717, 1.165) is 0 Å². The summed E-state index contributed by atoms with van der Waals surface area (Å²) in [6.45, 7) is 1.32. The van der Waals surface area contributed by atoms with Gasteiger partial charge in [0.05, 0.1) is 4.47 Å². The molecule has 0 aromatic heterocycles. The SMILES string of the molecule is O=C1NCCNC1c1ccc(Br)c(F)c1. The monoisotopic (exact) mass is 272 g/mol. The van der Waals surface area contributed by atoms with E-state index in [4.69, 9.17) is 0 Å². The molecule has 1 atom stereocenters. The van der Waals surface area contributed by atoms with E-state index in [2.05, 4.69) is 26.6 Å². The van der Waals surface area contributed by atoms with Gasteiger partial charge in [-0.05, 0) is 33.6 Å². The van der Waals surface area contributed by atoms with Crippen molar-refractivity contribution in [3.8, 4) is 0 Å². The van der Waals surface area contributed by atoms with Gasteiger partial charge in [-0.2, -0.15) is 0 Å². The second-order valence-electron chi connectivity index (χ2n) is 3.35. The van der Waals surface area contributed by atoms with E-state index in [1.54, 1.807) is 12.1 Å². The summed E-state index contributed by atoms with van der Waals surface area (Å²) in [7, 11) is 0.